The number of urea groups is 1. The lowest BCUT2D eigenvalue weighted by molar-refractivity contribution is -0.117. The average molecular weight is 372 g/mol. The van der Waals surface area contributed by atoms with E-state index in [9.17, 15) is 9.59 Å². The Labute approximate surface area is 157 Å². The average Bonchev–Trinajstić information content (AvgIpc) is 2.61. The van der Waals surface area contributed by atoms with Crippen LogP contribution < -0.4 is 10.6 Å². The van der Waals surface area contributed by atoms with E-state index in [2.05, 4.69) is 27.5 Å². The standard InChI is InChI=1S/C19H24N4O2S/c1-12-7-3-5-9-15(12)22-19(25)23-17(24)11-26-18-14-8-4-6-10-16(14)20-13(2)21-18/h4,6,8,10,12,15H,3,5,7,9,11H2,1-2H3,(H2,22,23,24,25)/t12-,15-/m0/s1. The molecule has 26 heavy (non-hydrogen) atoms. The highest BCUT2D eigenvalue weighted by Gasteiger charge is 2.23. The van der Waals surface area contributed by atoms with Crippen molar-refractivity contribution in [1.29, 1.82) is 0 Å². The zero-order valence-corrected chi connectivity index (χ0v) is 15.9. The lowest BCUT2D eigenvalue weighted by Gasteiger charge is -2.29. The third kappa shape index (κ3) is 4.72. The van der Waals surface area contributed by atoms with Crippen LogP contribution in [0.25, 0.3) is 10.9 Å². The summed E-state index contributed by atoms with van der Waals surface area (Å²) in [7, 11) is 0. The molecular weight excluding hydrogens is 348 g/mol. The topological polar surface area (TPSA) is 84.0 Å². The Morgan fingerprint density at radius 3 is 2.77 bits per heavy atom. The van der Waals surface area contributed by atoms with Crippen LogP contribution in [0.4, 0.5) is 4.79 Å². The largest absolute Gasteiger partial charge is 0.335 e. The number of rotatable bonds is 4. The fourth-order valence-corrected chi connectivity index (χ4v) is 4.17. The van der Waals surface area contributed by atoms with Gasteiger partial charge in [-0.1, -0.05) is 49.7 Å². The van der Waals surface area contributed by atoms with Gasteiger partial charge < -0.3 is 5.32 Å². The van der Waals surface area contributed by atoms with Gasteiger partial charge in [-0.25, -0.2) is 14.8 Å². The number of benzene rings is 1. The molecule has 1 aliphatic carbocycles. The normalized spacial score (nSPS) is 19.9. The zero-order chi connectivity index (χ0) is 18.5. The molecule has 0 aliphatic heterocycles. The molecule has 0 saturated heterocycles. The molecule has 0 spiro atoms. The molecule has 1 heterocycles. The van der Waals surface area contributed by atoms with Gasteiger partial charge in [0.05, 0.1) is 11.3 Å². The maximum Gasteiger partial charge on any atom is 0.321 e. The molecule has 1 fully saturated rings. The predicted molar refractivity (Wildman–Crippen MR) is 103 cm³/mol. The van der Waals surface area contributed by atoms with Crippen LogP contribution in [-0.2, 0) is 4.79 Å². The van der Waals surface area contributed by atoms with Gasteiger partial charge in [-0.15, -0.1) is 0 Å². The number of amides is 3. The number of nitrogens with one attached hydrogen (secondary N) is 2. The van der Waals surface area contributed by atoms with Crippen molar-refractivity contribution < 1.29 is 9.59 Å². The van der Waals surface area contributed by atoms with Crippen LogP contribution in [0.3, 0.4) is 0 Å². The monoisotopic (exact) mass is 372 g/mol. The third-order valence-electron chi connectivity index (χ3n) is 4.70. The maximum absolute atomic E-state index is 12.1. The van der Waals surface area contributed by atoms with Crippen molar-refractivity contribution in [3.05, 3.63) is 30.1 Å². The van der Waals surface area contributed by atoms with E-state index < -0.39 is 6.03 Å². The first kappa shape index (κ1) is 18.6. The van der Waals surface area contributed by atoms with Crippen molar-refractivity contribution in [1.82, 2.24) is 20.6 Å². The SMILES string of the molecule is Cc1nc(SCC(=O)NC(=O)N[C@H]2CCCC[C@@H]2C)c2ccccc2n1. The quantitative estimate of drug-likeness (QED) is 0.634. The molecule has 0 bridgehead atoms. The van der Waals surface area contributed by atoms with Crippen molar-refractivity contribution in [3.8, 4) is 0 Å². The Hall–Kier alpha value is -2.15. The van der Waals surface area contributed by atoms with Gasteiger partial charge in [0.2, 0.25) is 5.91 Å². The fourth-order valence-electron chi connectivity index (χ4n) is 3.30. The Morgan fingerprint density at radius 1 is 1.19 bits per heavy atom. The van der Waals surface area contributed by atoms with E-state index in [1.165, 1.54) is 18.2 Å². The Balaban J connectivity index is 1.55. The molecule has 6 nitrogen and oxygen atoms in total. The molecular formula is C19H24N4O2S. The summed E-state index contributed by atoms with van der Waals surface area (Å²) in [4.78, 5) is 33.0. The summed E-state index contributed by atoms with van der Waals surface area (Å²) in [6, 6.07) is 7.45. The number of nitrogens with zero attached hydrogens (tertiary/aromatic N) is 2. The highest BCUT2D eigenvalue weighted by Crippen LogP contribution is 2.25. The van der Waals surface area contributed by atoms with E-state index in [1.54, 1.807) is 0 Å². The van der Waals surface area contributed by atoms with E-state index in [-0.39, 0.29) is 17.7 Å². The first-order valence-electron chi connectivity index (χ1n) is 8.99. The molecule has 0 unspecified atom stereocenters. The summed E-state index contributed by atoms with van der Waals surface area (Å²) in [5.41, 5.74) is 0.854. The first-order chi connectivity index (χ1) is 12.5. The summed E-state index contributed by atoms with van der Waals surface area (Å²) in [6.45, 7) is 3.97. The third-order valence-corrected chi connectivity index (χ3v) is 5.69. The van der Waals surface area contributed by atoms with Crippen LogP contribution in [0.2, 0.25) is 0 Å². The van der Waals surface area contributed by atoms with Crippen LogP contribution in [0.15, 0.2) is 29.3 Å². The van der Waals surface area contributed by atoms with Crippen LogP contribution in [0, 0.1) is 12.8 Å². The summed E-state index contributed by atoms with van der Waals surface area (Å²) in [5, 5.41) is 7.03. The van der Waals surface area contributed by atoms with E-state index in [0.717, 1.165) is 35.2 Å². The van der Waals surface area contributed by atoms with Gasteiger partial charge in [-0.2, -0.15) is 0 Å². The van der Waals surface area contributed by atoms with Crippen LogP contribution in [0.1, 0.15) is 38.4 Å². The number of thioether (sulfide) groups is 1. The van der Waals surface area contributed by atoms with E-state index in [4.69, 9.17) is 0 Å². The summed E-state index contributed by atoms with van der Waals surface area (Å²) < 4.78 is 0. The molecule has 0 radical (unpaired) electrons. The Kier molecular flexibility index (Phi) is 6.08. The van der Waals surface area contributed by atoms with Gasteiger partial charge in [0, 0.05) is 11.4 Å². The summed E-state index contributed by atoms with van der Waals surface area (Å²) in [5.74, 6) is 0.926. The number of hydrogen-bond donors (Lipinski definition) is 2. The number of imide groups is 1. The number of carbonyl (C=O) groups excluding carboxylic acids is 2. The van der Waals surface area contributed by atoms with Gasteiger partial charge in [0.1, 0.15) is 10.9 Å². The smallest absolute Gasteiger partial charge is 0.321 e. The van der Waals surface area contributed by atoms with E-state index in [1.807, 2.05) is 31.2 Å². The second kappa shape index (κ2) is 8.49. The number of hydrogen-bond acceptors (Lipinski definition) is 5. The van der Waals surface area contributed by atoms with Gasteiger partial charge >= 0.3 is 6.03 Å². The molecule has 138 valence electrons. The van der Waals surface area contributed by atoms with Crippen LogP contribution in [0.5, 0.6) is 0 Å². The highest BCUT2D eigenvalue weighted by molar-refractivity contribution is 8.00. The minimum Gasteiger partial charge on any atom is -0.335 e. The summed E-state index contributed by atoms with van der Waals surface area (Å²) >= 11 is 1.32. The fraction of sp³-hybridized carbons (Fsp3) is 0.474. The molecule has 2 atom stereocenters. The Bertz CT molecular complexity index is 811. The number of aromatic nitrogens is 2. The van der Waals surface area contributed by atoms with Crippen molar-refractivity contribution in [3.63, 3.8) is 0 Å². The number of aryl methyl sites for hydroxylation is 1. The molecule has 3 rings (SSSR count). The molecule has 7 heteroatoms. The van der Waals surface area contributed by atoms with Gasteiger partial charge in [0.15, 0.2) is 0 Å². The minimum absolute atomic E-state index is 0.133. The molecule has 2 N–H and O–H groups in total. The van der Waals surface area contributed by atoms with E-state index >= 15 is 0 Å². The highest BCUT2D eigenvalue weighted by atomic mass is 32.2. The zero-order valence-electron chi connectivity index (χ0n) is 15.1. The summed E-state index contributed by atoms with van der Waals surface area (Å²) in [6.07, 6.45) is 4.43. The second-order valence-electron chi connectivity index (χ2n) is 6.77. The maximum atomic E-state index is 12.1. The molecule has 1 aromatic carbocycles. The van der Waals surface area contributed by atoms with Gasteiger partial charge in [-0.3, -0.25) is 10.1 Å². The van der Waals surface area contributed by atoms with Crippen molar-refractivity contribution in [2.45, 2.75) is 50.6 Å². The molecule has 1 aromatic heterocycles. The lowest BCUT2D eigenvalue weighted by Crippen LogP contribution is -2.48. The van der Waals surface area contributed by atoms with Crippen molar-refractivity contribution in [2.24, 2.45) is 5.92 Å². The van der Waals surface area contributed by atoms with Gasteiger partial charge in [-0.05, 0) is 31.7 Å². The van der Waals surface area contributed by atoms with Gasteiger partial charge in [0.25, 0.3) is 0 Å². The van der Waals surface area contributed by atoms with Crippen LogP contribution in [-0.4, -0.2) is 33.7 Å². The molecule has 3 amide bonds. The number of para-hydroxylation sites is 1. The molecule has 1 aliphatic rings. The van der Waals surface area contributed by atoms with Crippen molar-refractivity contribution >= 4 is 34.6 Å². The minimum atomic E-state index is -0.405. The predicted octanol–water partition coefficient (Wildman–Crippen LogP) is 3.43. The Morgan fingerprint density at radius 2 is 1.96 bits per heavy atom. The molecule has 2 aromatic rings. The lowest BCUT2D eigenvalue weighted by atomic mass is 9.86. The number of fused-ring (bicyclic) bond motifs is 1. The first-order valence-corrected chi connectivity index (χ1v) is 9.98. The second-order valence-corrected chi connectivity index (χ2v) is 7.74. The number of carbonyl (C=O) groups is 2. The van der Waals surface area contributed by atoms with Crippen molar-refractivity contribution in [2.75, 3.05) is 5.75 Å². The molecule has 1 saturated carbocycles. The van der Waals surface area contributed by atoms with Crippen LogP contribution >= 0.6 is 11.8 Å². The van der Waals surface area contributed by atoms with E-state index in [0.29, 0.717) is 11.7 Å².